The lowest BCUT2D eigenvalue weighted by atomic mass is 10.1. The van der Waals surface area contributed by atoms with Crippen LogP contribution in [0.1, 0.15) is 45.7 Å². The molecular formula is C31H38BrN3O5S. The van der Waals surface area contributed by atoms with Gasteiger partial charge in [-0.1, -0.05) is 45.8 Å². The second-order valence-corrected chi connectivity index (χ2v) is 13.6. The lowest BCUT2D eigenvalue weighted by Crippen LogP contribution is -2.54. The Morgan fingerprint density at radius 3 is 2.20 bits per heavy atom. The van der Waals surface area contributed by atoms with Crippen molar-refractivity contribution in [1.82, 2.24) is 10.2 Å². The van der Waals surface area contributed by atoms with Crippen LogP contribution in [0.15, 0.2) is 82.2 Å². The molecule has 0 radical (unpaired) electrons. The summed E-state index contributed by atoms with van der Waals surface area (Å²) in [5.74, 6) is -0.278. The third kappa shape index (κ3) is 8.81. The van der Waals surface area contributed by atoms with Gasteiger partial charge in [0.15, 0.2) is 0 Å². The van der Waals surface area contributed by atoms with Crippen molar-refractivity contribution in [1.29, 1.82) is 0 Å². The molecule has 3 rings (SSSR count). The van der Waals surface area contributed by atoms with E-state index < -0.39 is 34.1 Å². The van der Waals surface area contributed by atoms with Gasteiger partial charge in [-0.15, -0.1) is 0 Å². The van der Waals surface area contributed by atoms with E-state index >= 15 is 0 Å². The number of hydrogen-bond acceptors (Lipinski definition) is 5. The van der Waals surface area contributed by atoms with Gasteiger partial charge in [-0.2, -0.15) is 0 Å². The van der Waals surface area contributed by atoms with Crippen molar-refractivity contribution in [3.8, 4) is 5.75 Å². The van der Waals surface area contributed by atoms with Crippen LogP contribution in [0.3, 0.4) is 0 Å². The molecule has 220 valence electrons. The summed E-state index contributed by atoms with van der Waals surface area (Å²) in [5.41, 5.74) is 1.49. The third-order valence-corrected chi connectivity index (χ3v) is 8.51. The molecule has 0 unspecified atom stereocenters. The Labute approximate surface area is 251 Å². The molecule has 0 aliphatic heterocycles. The van der Waals surface area contributed by atoms with E-state index in [0.29, 0.717) is 18.0 Å². The normalized spacial score (nSPS) is 12.4. The smallest absolute Gasteiger partial charge is 0.264 e. The number of ether oxygens (including phenoxy) is 1. The molecule has 8 nitrogen and oxygen atoms in total. The second kappa shape index (κ2) is 13.5. The second-order valence-electron chi connectivity index (χ2n) is 10.8. The van der Waals surface area contributed by atoms with Gasteiger partial charge in [0.05, 0.1) is 17.2 Å². The fraction of sp³-hybridized carbons (Fsp3) is 0.355. The molecular weight excluding hydrogens is 606 g/mol. The van der Waals surface area contributed by atoms with E-state index in [1.54, 1.807) is 43.3 Å². The molecule has 2 amide bonds. The van der Waals surface area contributed by atoms with Crippen LogP contribution in [0.2, 0.25) is 0 Å². The molecule has 10 heteroatoms. The lowest BCUT2D eigenvalue weighted by molar-refractivity contribution is -0.140. The zero-order valence-corrected chi connectivity index (χ0v) is 26.8. The molecule has 0 saturated heterocycles. The lowest BCUT2D eigenvalue weighted by Gasteiger charge is -2.33. The highest BCUT2D eigenvalue weighted by atomic mass is 79.9. The molecule has 0 heterocycles. The van der Waals surface area contributed by atoms with Gasteiger partial charge in [0, 0.05) is 16.6 Å². The Morgan fingerprint density at radius 2 is 1.63 bits per heavy atom. The Hall–Kier alpha value is -3.37. The first kappa shape index (κ1) is 32.1. The van der Waals surface area contributed by atoms with Crippen LogP contribution in [0.4, 0.5) is 5.69 Å². The van der Waals surface area contributed by atoms with Gasteiger partial charge in [0.25, 0.3) is 10.0 Å². The van der Waals surface area contributed by atoms with E-state index in [9.17, 15) is 18.0 Å². The zero-order chi connectivity index (χ0) is 30.4. The predicted molar refractivity (Wildman–Crippen MR) is 165 cm³/mol. The van der Waals surface area contributed by atoms with Gasteiger partial charge < -0.3 is 15.0 Å². The molecule has 1 N–H and O–H groups in total. The largest absolute Gasteiger partial charge is 0.494 e. The highest BCUT2D eigenvalue weighted by molar-refractivity contribution is 9.10. The van der Waals surface area contributed by atoms with E-state index in [-0.39, 0.29) is 17.3 Å². The summed E-state index contributed by atoms with van der Waals surface area (Å²) in [6.45, 7) is 11.0. The average molecular weight is 645 g/mol. The SMILES string of the molecule is CCOc1ccc(N(CC(=O)N(Cc2cccc(Br)c2)[C@@H](C)C(=O)NC(C)(C)C)S(=O)(=O)c2ccc(C)cc2)cc1. The summed E-state index contributed by atoms with van der Waals surface area (Å²) in [7, 11) is -4.14. The van der Waals surface area contributed by atoms with Crippen molar-refractivity contribution in [2.45, 2.75) is 64.6 Å². The zero-order valence-electron chi connectivity index (χ0n) is 24.3. The molecule has 0 saturated carbocycles. The number of carbonyl (C=O) groups is 2. The molecule has 0 fully saturated rings. The summed E-state index contributed by atoms with van der Waals surface area (Å²) >= 11 is 3.46. The van der Waals surface area contributed by atoms with Gasteiger partial charge in [0.1, 0.15) is 18.3 Å². The van der Waals surface area contributed by atoms with Crippen molar-refractivity contribution < 1.29 is 22.7 Å². The van der Waals surface area contributed by atoms with E-state index in [4.69, 9.17) is 4.74 Å². The number of hydrogen-bond donors (Lipinski definition) is 1. The fourth-order valence-corrected chi connectivity index (χ4v) is 5.99. The number of aryl methyl sites for hydroxylation is 1. The van der Waals surface area contributed by atoms with Crippen LogP contribution in [-0.4, -0.2) is 49.9 Å². The standard InChI is InChI=1S/C31H38BrN3O5S/c1-7-40-27-15-13-26(14-16-27)35(41(38,39)28-17-11-22(2)12-18-28)21-29(36)34(20-24-9-8-10-25(32)19-24)23(3)30(37)33-31(4,5)6/h8-19,23H,7,20-21H2,1-6H3,(H,33,37)/t23-/m0/s1. The monoisotopic (exact) mass is 643 g/mol. The van der Waals surface area contributed by atoms with E-state index in [0.717, 1.165) is 19.9 Å². The number of benzene rings is 3. The topological polar surface area (TPSA) is 96.0 Å². The molecule has 0 aromatic heterocycles. The molecule has 0 aliphatic rings. The van der Waals surface area contributed by atoms with Gasteiger partial charge in [-0.25, -0.2) is 8.42 Å². The highest BCUT2D eigenvalue weighted by Gasteiger charge is 2.33. The van der Waals surface area contributed by atoms with Gasteiger partial charge >= 0.3 is 0 Å². The van der Waals surface area contributed by atoms with Crippen molar-refractivity contribution in [3.63, 3.8) is 0 Å². The van der Waals surface area contributed by atoms with Gasteiger partial charge in [-0.3, -0.25) is 13.9 Å². The molecule has 41 heavy (non-hydrogen) atoms. The van der Waals surface area contributed by atoms with Crippen LogP contribution in [-0.2, 0) is 26.2 Å². The maximum Gasteiger partial charge on any atom is 0.264 e. The first-order chi connectivity index (χ1) is 19.2. The number of nitrogens with one attached hydrogen (secondary N) is 1. The van der Waals surface area contributed by atoms with Crippen LogP contribution in [0, 0.1) is 6.92 Å². The summed E-state index contributed by atoms with van der Waals surface area (Å²) in [6.07, 6.45) is 0. The van der Waals surface area contributed by atoms with Crippen molar-refractivity contribution >= 4 is 43.5 Å². The maximum atomic E-state index is 14.0. The molecule has 3 aromatic rings. The fourth-order valence-electron chi connectivity index (χ4n) is 4.13. The molecule has 0 spiro atoms. The Bertz CT molecular complexity index is 1450. The first-order valence-corrected chi connectivity index (χ1v) is 15.6. The number of rotatable bonds is 11. The van der Waals surface area contributed by atoms with E-state index in [1.165, 1.54) is 17.0 Å². The minimum Gasteiger partial charge on any atom is -0.494 e. The van der Waals surface area contributed by atoms with Crippen molar-refractivity contribution in [2.24, 2.45) is 0 Å². The van der Waals surface area contributed by atoms with Crippen LogP contribution < -0.4 is 14.4 Å². The van der Waals surface area contributed by atoms with Crippen molar-refractivity contribution in [2.75, 3.05) is 17.5 Å². The first-order valence-electron chi connectivity index (χ1n) is 13.4. The van der Waals surface area contributed by atoms with Gasteiger partial charge in [-0.05, 0) is 95.6 Å². The third-order valence-electron chi connectivity index (χ3n) is 6.23. The summed E-state index contributed by atoms with van der Waals surface area (Å²) in [4.78, 5) is 28.7. The number of carbonyl (C=O) groups excluding carboxylic acids is 2. The Balaban J connectivity index is 2.04. The number of halogens is 1. The summed E-state index contributed by atoms with van der Waals surface area (Å²) in [5, 5.41) is 2.93. The predicted octanol–water partition coefficient (Wildman–Crippen LogP) is 5.68. The molecule has 0 aliphatic carbocycles. The summed E-state index contributed by atoms with van der Waals surface area (Å²) in [6, 6.07) is 19.6. The number of sulfonamides is 1. The van der Waals surface area contributed by atoms with Crippen molar-refractivity contribution in [3.05, 3.63) is 88.4 Å². The van der Waals surface area contributed by atoms with E-state index in [2.05, 4.69) is 21.2 Å². The molecule has 1 atom stereocenters. The maximum absolute atomic E-state index is 14.0. The Morgan fingerprint density at radius 1 is 1.00 bits per heavy atom. The minimum absolute atomic E-state index is 0.0573. The number of amides is 2. The van der Waals surface area contributed by atoms with Crippen LogP contribution in [0.25, 0.3) is 0 Å². The molecule has 0 bridgehead atoms. The van der Waals surface area contributed by atoms with Gasteiger partial charge in [0.2, 0.25) is 11.8 Å². The minimum atomic E-state index is -4.14. The number of nitrogens with zero attached hydrogens (tertiary/aromatic N) is 2. The van der Waals surface area contributed by atoms with Crippen LogP contribution >= 0.6 is 15.9 Å². The summed E-state index contributed by atoms with van der Waals surface area (Å²) < 4.78 is 35.3. The Kier molecular flexibility index (Phi) is 10.6. The van der Waals surface area contributed by atoms with Crippen LogP contribution in [0.5, 0.6) is 5.75 Å². The average Bonchev–Trinajstić information content (AvgIpc) is 2.90. The highest BCUT2D eigenvalue weighted by Crippen LogP contribution is 2.27. The quantitative estimate of drug-likeness (QED) is 0.290. The van der Waals surface area contributed by atoms with E-state index in [1.807, 2.05) is 58.9 Å². The number of anilines is 1. The molecule has 3 aromatic carbocycles.